The molecule has 2 aromatic rings. The molecule has 8 nitrogen and oxygen atoms in total. The van der Waals surface area contributed by atoms with Gasteiger partial charge in [0.1, 0.15) is 18.7 Å². The van der Waals surface area contributed by atoms with Crippen LogP contribution in [0.5, 0.6) is 0 Å². The topological polar surface area (TPSA) is 96.5 Å². The highest BCUT2D eigenvalue weighted by Gasteiger charge is 2.35. The molecule has 2 aromatic heterocycles. The van der Waals surface area contributed by atoms with Gasteiger partial charge in [0, 0.05) is 19.5 Å². The summed E-state index contributed by atoms with van der Waals surface area (Å²) in [4.78, 5) is 15.5. The van der Waals surface area contributed by atoms with E-state index in [0.29, 0.717) is 12.1 Å². The van der Waals surface area contributed by atoms with E-state index in [0.717, 1.165) is 37.3 Å². The monoisotopic (exact) mass is 335 g/mol. The highest BCUT2D eigenvalue weighted by molar-refractivity contribution is 5.83. The third kappa shape index (κ3) is 3.09. The Balaban J connectivity index is 1.94. The van der Waals surface area contributed by atoms with E-state index >= 15 is 0 Å². The minimum Gasteiger partial charge on any atom is -0.394 e. The Morgan fingerprint density at radius 2 is 2.00 bits per heavy atom. The number of rotatable bonds is 7. The SMILES string of the molecule is CCCN(CCC)c1ncnc2c1ncn2[C@H]1C[C@H](O)[C@@H](CO)O1. The van der Waals surface area contributed by atoms with E-state index in [9.17, 15) is 10.2 Å². The molecular formula is C16H25N5O3. The summed E-state index contributed by atoms with van der Waals surface area (Å²) in [6.07, 6.45) is 4.06. The Morgan fingerprint density at radius 3 is 2.62 bits per heavy atom. The summed E-state index contributed by atoms with van der Waals surface area (Å²) in [6, 6.07) is 0. The molecule has 1 aliphatic rings. The van der Waals surface area contributed by atoms with Crippen molar-refractivity contribution >= 4 is 17.0 Å². The molecule has 3 rings (SSSR count). The molecule has 0 radical (unpaired) electrons. The van der Waals surface area contributed by atoms with Gasteiger partial charge in [0.2, 0.25) is 0 Å². The highest BCUT2D eigenvalue weighted by Crippen LogP contribution is 2.32. The van der Waals surface area contributed by atoms with Gasteiger partial charge < -0.3 is 19.8 Å². The van der Waals surface area contributed by atoms with Crippen LogP contribution in [0.1, 0.15) is 39.3 Å². The number of aliphatic hydroxyl groups is 2. The van der Waals surface area contributed by atoms with Crippen LogP contribution in [-0.2, 0) is 4.74 Å². The third-order valence-corrected chi connectivity index (χ3v) is 4.32. The lowest BCUT2D eigenvalue weighted by atomic mass is 10.2. The first kappa shape index (κ1) is 17.1. The smallest absolute Gasteiger partial charge is 0.167 e. The van der Waals surface area contributed by atoms with Gasteiger partial charge in [0.15, 0.2) is 17.0 Å². The second-order valence-corrected chi connectivity index (χ2v) is 6.12. The van der Waals surface area contributed by atoms with E-state index in [1.54, 1.807) is 12.7 Å². The van der Waals surface area contributed by atoms with Gasteiger partial charge in [-0.05, 0) is 12.8 Å². The van der Waals surface area contributed by atoms with Crippen LogP contribution in [0.15, 0.2) is 12.7 Å². The Bertz CT molecular complexity index is 671. The van der Waals surface area contributed by atoms with Crippen LogP contribution in [0.25, 0.3) is 11.2 Å². The van der Waals surface area contributed by atoms with Gasteiger partial charge in [-0.15, -0.1) is 0 Å². The van der Waals surface area contributed by atoms with Gasteiger partial charge in [-0.25, -0.2) is 15.0 Å². The van der Waals surface area contributed by atoms with Crippen molar-refractivity contribution in [3.63, 3.8) is 0 Å². The summed E-state index contributed by atoms with van der Waals surface area (Å²) in [5.41, 5.74) is 1.43. The van der Waals surface area contributed by atoms with E-state index in [1.807, 2.05) is 4.57 Å². The summed E-state index contributed by atoms with van der Waals surface area (Å²) in [5, 5.41) is 19.2. The second kappa shape index (κ2) is 7.42. The maximum absolute atomic E-state index is 9.95. The number of fused-ring (bicyclic) bond motifs is 1. The fraction of sp³-hybridized carbons (Fsp3) is 0.688. The van der Waals surface area contributed by atoms with Crippen molar-refractivity contribution in [1.29, 1.82) is 0 Å². The van der Waals surface area contributed by atoms with Gasteiger partial charge in [-0.3, -0.25) is 4.57 Å². The lowest BCUT2D eigenvalue weighted by Crippen LogP contribution is -2.26. The van der Waals surface area contributed by atoms with E-state index in [-0.39, 0.29) is 12.8 Å². The fourth-order valence-corrected chi connectivity index (χ4v) is 3.20. The van der Waals surface area contributed by atoms with Crippen LogP contribution in [0, 0.1) is 0 Å². The molecule has 1 aliphatic heterocycles. The zero-order valence-electron chi connectivity index (χ0n) is 14.2. The first-order valence-electron chi connectivity index (χ1n) is 8.56. The Morgan fingerprint density at radius 1 is 1.25 bits per heavy atom. The van der Waals surface area contributed by atoms with Gasteiger partial charge in [0.25, 0.3) is 0 Å². The van der Waals surface area contributed by atoms with Crippen LogP contribution in [0.2, 0.25) is 0 Å². The number of anilines is 1. The van der Waals surface area contributed by atoms with E-state index in [2.05, 4.69) is 33.7 Å². The van der Waals surface area contributed by atoms with Crippen molar-refractivity contribution in [3.05, 3.63) is 12.7 Å². The molecule has 3 atom stereocenters. The molecule has 3 heterocycles. The number of ether oxygens (including phenoxy) is 1. The standard InChI is InChI=1S/C16H25N5O3/c1-3-5-20(6-4-2)15-14-16(18-9-17-15)21(10-19-14)13-7-11(23)12(8-22)24-13/h9-13,22-23H,3-8H2,1-2H3/t11-,12+,13+/m0/s1. The summed E-state index contributed by atoms with van der Waals surface area (Å²) in [7, 11) is 0. The van der Waals surface area contributed by atoms with Crippen molar-refractivity contribution in [2.75, 3.05) is 24.6 Å². The molecule has 2 N–H and O–H groups in total. The van der Waals surface area contributed by atoms with Crippen molar-refractivity contribution in [2.24, 2.45) is 0 Å². The maximum Gasteiger partial charge on any atom is 0.167 e. The molecule has 1 fully saturated rings. The minimum absolute atomic E-state index is 0.203. The summed E-state index contributed by atoms with van der Waals surface area (Å²) < 4.78 is 7.53. The summed E-state index contributed by atoms with van der Waals surface area (Å²) in [6.45, 7) is 5.91. The first-order valence-corrected chi connectivity index (χ1v) is 8.56. The maximum atomic E-state index is 9.95. The molecular weight excluding hydrogens is 310 g/mol. The van der Waals surface area contributed by atoms with Gasteiger partial charge in [-0.1, -0.05) is 13.8 Å². The molecule has 0 amide bonds. The quantitative estimate of drug-likeness (QED) is 0.782. The Hall–Kier alpha value is -1.77. The number of hydrogen-bond acceptors (Lipinski definition) is 7. The summed E-state index contributed by atoms with van der Waals surface area (Å²) in [5.74, 6) is 0.833. The molecule has 0 aromatic carbocycles. The summed E-state index contributed by atoms with van der Waals surface area (Å²) >= 11 is 0. The molecule has 0 saturated carbocycles. The van der Waals surface area contributed by atoms with Crippen LogP contribution in [0.4, 0.5) is 5.82 Å². The number of nitrogens with zero attached hydrogens (tertiary/aromatic N) is 5. The van der Waals surface area contributed by atoms with Gasteiger partial charge >= 0.3 is 0 Å². The lowest BCUT2D eigenvalue weighted by Gasteiger charge is -2.22. The van der Waals surface area contributed by atoms with Crippen LogP contribution >= 0.6 is 0 Å². The number of hydrogen-bond donors (Lipinski definition) is 2. The molecule has 0 aliphatic carbocycles. The van der Waals surface area contributed by atoms with Crippen LogP contribution in [0.3, 0.4) is 0 Å². The average Bonchev–Trinajstić information content (AvgIpc) is 3.17. The predicted molar refractivity (Wildman–Crippen MR) is 89.7 cm³/mol. The van der Waals surface area contributed by atoms with Crippen LogP contribution < -0.4 is 4.90 Å². The van der Waals surface area contributed by atoms with Crippen molar-refractivity contribution < 1.29 is 14.9 Å². The molecule has 8 heteroatoms. The normalized spacial score (nSPS) is 23.9. The second-order valence-electron chi connectivity index (χ2n) is 6.12. The van der Waals surface area contributed by atoms with E-state index < -0.39 is 12.2 Å². The number of aliphatic hydroxyl groups excluding tert-OH is 2. The first-order chi connectivity index (χ1) is 11.7. The average molecular weight is 335 g/mol. The molecule has 0 spiro atoms. The number of imidazole rings is 1. The third-order valence-electron chi connectivity index (χ3n) is 4.32. The van der Waals surface area contributed by atoms with Crippen molar-refractivity contribution in [1.82, 2.24) is 19.5 Å². The molecule has 0 unspecified atom stereocenters. The molecule has 132 valence electrons. The largest absolute Gasteiger partial charge is 0.394 e. The minimum atomic E-state index is -0.685. The Kier molecular flexibility index (Phi) is 5.27. The van der Waals surface area contributed by atoms with Crippen molar-refractivity contribution in [3.8, 4) is 0 Å². The zero-order chi connectivity index (χ0) is 17.1. The highest BCUT2D eigenvalue weighted by atomic mass is 16.5. The zero-order valence-corrected chi connectivity index (χ0v) is 14.2. The van der Waals surface area contributed by atoms with Crippen molar-refractivity contribution in [2.45, 2.75) is 51.5 Å². The predicted octanol–water partition coefficient (Wildman–Crippen LogP) is 1.09. The molecule has 1 saturated heterocycles. The molecule has 24 heavy (non-hydrogen) atoms. The van der Waals surface area contributed by atoms with Gasteiger partial charge in [0.05, 0.1) is 19.0 Å². The number of aromatic nitrogens is 4. The fourth-order valence-electron chi connectivity index (χ4n) is 3.20. The Labute approximate surface area is 141 Å². The molecule has 0 bridgehead atoms. The van der Waals surface area contributed by atoms with Gasteiger partial charge in [-0.2, -0.15) is 0 Å². The lowest BCUT2D eigenvalue weighted by molar-refractivity contribution is -0.0432. The van der Waals surface area contributed by atoms with E-state index in [1.165, 1.54) is 0 Å². The van der Waals surface area contributed by atoms with Crippen LogP contribution in [-0.4, -0.2) is 61.6 Å². The van der Waals surface area contributed by atoms with E-state index in [4.69, 9.17) is 4.74 Å².